The van der Waals surface area contributed by atoms with Crippen LogP contribution in [0.25, 0.3) is 0 Å². The number of ether oxygens (including phenoxy) is 1. The van der Waals surface area contributed by atoms with Gasteiger partial charge in [-0.1, -0.05) is 0 Å². The normalized spacial score (nSPS) is 10.5. The number of hydrogen-bond donors (Lipinski definition) is 1. The number of rotatable bonds is 5. The summed E-state index contributed by atoms with van der Waals surface area (Å²) >= 11 is 0. The number of aryl methyl sites for hydroxylation is 1. The summed E-state index contributed by atoms with van der Waals surface area (Å²) in [6.45, 7) is 3.35. The van der Waals surface area contributed by atoms with Crippen LogP contribution in [0.2, 0.25) is 0 Å². The van der Waals surface area contributed by atoms with E-state index in [0.717, 1.165) is 23.6 Å². The molecule has 6 nitrogen and oxygen atoms in total. The van der Waals surface area contributed by atoms with Crippen LogP contribution in [-0.2, 0) is 11.3 Å². The van der Waals surface area contributed by atoms with Gasteiger partial charge in [0.25, 0.3) is 0 Å². The summed E-state index contributed by atoms with van der Waals surface area (Å²) in [4.78, 5) is 0. The minimum absolute atomic E-state index is 0.644. The molecule has 0 saturated heterocycles. The SMILES string of the molecule is COCCn1cc(Nc2cc(C)cnn2)cn1. The Morgan fingerprint density at radius 1 is 1.41 bits per heavy atom. The van der Waals surface area contributed by atoms with E-state index in [4.69, 9.17) is 4.74 Å². The van der Waals surface area contributed by atoms with Crippen molar-refractivity contribution >= 4 is 11.5 Å². The molecule has 0 radical (unpaired) electrons. The van der Waals surface area contributed by atoms with Crippen LogP contribution in [0.15, 0.2) is 24.7 Å². The molecule has 0 bridgehead atoms. The van der Waals surface area contributed by atoms with Crippen molar-refractivity contribution in [2.24, 2.45) is 0 Å². The number of nitrogens with one attached hydrogen (secondary N) is 1. The Morgan fingerprint density at radius 2 is 2.29 bits per heavy atom. The lowest BCUT2D eigenvalue weighted by Crippen LogP contribution is -2.04. The van der Waals surface area contributed by atoms with Crippen molar-refractivity contribution < 1.29 is 4.74 Å². The van der Waals surface area contributed by atoms with Crippen LogP contribution in [0, 0.1) is 6.92 Å². The van der Waals surface area contributed by atoms with Gasteiger partial charge in [0.1, 0.15) is 0 Å². The molecule has 0 fully saturated rings. The van der Waals surface area contributed by atoms with E-state index in [0.29, 0.717) is 6.61 Å². The lowest BCUT2D eigenvalue weighted by atomic mass is 10.3. The highest BCUT2D eigenvalue weighted by Crippen LogP contribution is 2.13. The molecule has 90 valence electrons. The van der Waals surface area contributed by atoms with Crippen LogP contribution < -0.4 is 5.32 Å². The molecule has 0 atom stereocenters. The smallest absolute Gasteiger partial charge is 0.153 e. The minimum Gasteiger partial charge on any atom is -0.383 e. The lowest BCUT2D eigenvalue weighted by molar-refractivity contribution is 0.183. The van der Waals surface area contributed by atoms with E-state index in [1.807, 2.05) is 23.9 Å². The van der Waals surface area contributed by atoms with Gasteiger partial charge in [0.2, 0.25) is 0 Å². The topological polar surface area (TPSA) is 64.9 Å². The predicted molar refractivity (Wildman–Crippen MR) is 64.2 cm³/mol. The molecule has 6 heteroatoms. The molecular formula is C11H15N5O. The van der Waals surface area contributed by atoms with Crippen LogP contribution in [0.3, 0.4) is 0 Å². The summed E-state index contributed by atoms with van der Waals surface area (Å²) in [6, 6.07) is 1.93. The van der Waals surface area contributed by atoms with E-state index in [1.54, 1.807) is 19.5 Å². The second kappa shape index (κ2) is 5.40. The number of anilines is 2. The largest absolute Gasteiger partial charge is 0.383 e. The summed E-state index contributed by atoms with van der Waals surface area (Å²) in [7, 11) is 1.67. The van der Waals surface area contributed by atoms with Gasteiger partial charge in [-0.05, 0) is 18.6 Å². The first kappa shape index (κ1) is 11.5. The van der Waals surface area contributed by atoms with Gasteiger partial charge in [0, 0.05) is 13.3 Å². The monoisotopic (exact) mass is 233 g/mol. The molecule has 1 N–H and O–H groups in total. The highest BCUT2D eigenvalue weighted by molar-refractivity contribution is 5.53. The van der Waals surface area contributed by atoms with Crippen LogP contribution in [-0.4, -0.2) is 33.7 Å². The zero-order chi connectivity index (χ0) is 12.1. The second-order valence-electron chi connectivity index (χ2n) is 3.73. The Labute approximate surface area is 99.6 Å². The van der Waals surface area contributed by atoms with E-state index >= 15 is 0 Å². The Morgan fingerprint density at radius 3 is 3.06 bits per heavy atom. The van der Waals surface area contributed by atoms with Crippen LogP contribution in [0.1, 0.15) is 5.56 Å². The first-order chi connectivity index (χ1) is 8.28. The molecular weight excluding hydrogens is 218 g/mol. The van der Waals surface area contributed by atoms with E-state index in [-0.39, 0.29) is 0 Å². The first-order valence-corrected chi connectivity index (χ1v) is 5.35. The molecule has 0 aromatic carbocycles. The average Bonchev–Trinajstić information content (AvgIpc) is 2.74. The summed E-state index contributed by atoms with van der Waals surface area (Å²) in [5.41, 5.74) is 1.95. The molecule has 2 heterocycles. The Balaban J connectivity index is 2.01. The molecule has 2 aromatic heterocycles. The van der Waals surface area contributed by atoms with E-state index in [9.17, 15) is 0 Å². The van der Waals surface area contributed by atoms with Crippen molar-refractivity contribution in [2.75, 3.05) is 19.0 Å². The lowest BCUT2D eigenvalue weighted by Gasteiger charge is -2.01. The van der Waals surface area contributed by atoms with Crippen molar-refractivity contribution in [3.8, 4) is 0 Å². The van der Waals surface area contributed by atoms with Crippen molar-refractivity contribution in [1.29, 1.82) is 0 Å². The minimum atomic E-state index is 0.644. The van der Waals surface area contributed by atoms with Gasteiger partial charge in [-0.15, -0.1) is 5.10 Å². The molecule has 2 aromatic rings. The third-order valence-corrected chi connectivity index (χ3v) is 2.22. The molecule has 0 unspecified atom stereocenters. The van der Waals surface area contributed by atoms with E-state index in [1.165, 1.54) is 0 Å². The number of aromatic nitrogens is 4. The zero-order valence-corrected chi connectivity index (χ0v) is 9.92. The fourth-order valence-electron chi connectivity index (χ4n) is 1.41. The number of nitrogens with zero attached hydrogens (tertiary/aromatic N) is 4. The fraction of sp³-hybridized carbons (Fsp3) is 0.364. The zero-order valence-electron chi connectivity index (χ0n) is 9.92. The maximum atomic E-state index is 4.99. The third-order valence-electron chi connectivity index (χ3n) is 2.22. The molecule has 0 aliphatic heterocycles. The van der Waals surface area contributed by atoms with Gasteiger partial charge in [-0.2, -0.15) is 10.2 Å². The molecule has 17 heavy (non-hydrogen) atoms. The highest BCUT2D eigenvalue weighted by Gasteiger charge is 2.00. The fourth-order valence-corrected chi connectivity index (χ4v) is 1.41. The highest BCUT2D eigenvalue weighted by atomic mass is 16.5. The second-order valence-corrected chi connectivity index (χ2v) is 3.73. The molecule has 0 saturated carbocycles. The van der Waals surface area contributed by atoms with Crippen LogP contribution >= 0.6 is 0 Å². The Bertz CT molecular complexity index is 482. The van der Waals surface area contributed by atoms with Gasteiger partial charge in [0.15, 0.2) is 5.82 Å². The predicted octanol–water partition coefficient (Wildman–Crippen LogP) is 1.37. The van der Waals surface area contributed by atoms with Crippen LogP contribution in [0.5, 0.6) is 0 Å². The van der Waals surface area contributed by atoms with Crippen molar-refractivity contribution in [3.63, 3.8) is 0 Å². The van der Waals surface area contributed by atoms with E-state index < -0.39 is 0 Å². The molecule has 2 rings (SSSR count). The van der Waals surface area contributed by atoms with Crippen molar-refractivity contribution in [2.45, 2.75) is 13.5 Å². The average molecular weight is 233 g/mol. The maximum absolute atomic E-state index is 4.99. The summed E-state index contributed by atoms with van der Waals surface area (Å²) in [5, 5.41) is 15.2. The summed E-state index contributed by atoms with van der Waals surface area (Å²) in [6.07, 6.45) is 5.37. The molecule has 0 spiro atoms. The standard InChI is InChI=1S/C11H15N5O/c1-9-5-11(15-12-6-9)14-10-7-13-16(8-10)3-4-17-2/h5-8H,3-4H2,1-2H3,(H,14,15). The molecule has 0 amide bonds. The van der Waals surface area contributed by atoms with Gasteiger partial charge >= 0.3 is 0 Å². The van der Waals surface area contributed by atoms with Gasteiger partial charge < -0.3 is 10.1 Å². The maximum Gasteiger partial charge on any atom is 0.153 e. The molecule has 0 aliphatic rings. The van der Waals surface area contributed by atoms with Gasteiger partial charge in [-0.25, -0.2) is 0 Å². The summed E-state index contributed by atoms with van der Waals surface area (Å²) < 4.78 is 6.80. The van der Waals surface area contributed by atoms with Gasteiger partial charge in [-0.3, -0.25) is 4.68 Å². The Hall–Kier alpha value is -1.95. The quantitative estimate of drug-likeness (QED) is 0.845. The van der Waals surface area contributed by atoms with Crippen molar-refractivity contribution in [1.82, 2.24) is 20.0 Å². The van der Waals surface area contributed by atoms with Crippen LogP contribution in [0.4, 0.5) is 11.5 Å². The Kier molecular flexibility index (Phi) is 3.66. The summed E-state index contributed by atoms with van der Waals surface area (Å²) in [5.74, 6) is 0.719. The van der Waals surface area contributed by atoms with Gasteiger partial charge in [0.05, 0.1) is 31.2 Å². The third kappa shape index (κ3) is 3.25. The van der Waals surface area contributed by atoms with E-state index in [2.05, 4.69) is 20.6 Å². The van der Waals surface area contributed by atoms with Crippen molar-refractivity contribution in [3.05, 3.63) is 30.2 Å². The first-order valence-electron chi connectivity index (χ1n) is 5.35. The number of hydrogen-bond acceptors (Lipinski definition) is 5. The molecule has 0 aliphatic carbocycles. The number of methoxy groups -OCH3 is 1.